The van der Waals surface area contributed by atoms with Gasteiger partial charge in [0.2, 0.25) is 23.6 Å². The van der Waals surface area contributed by atoms with Crippen LogP contribution in [-0.4, -0.2) is 122 Å². The van der Waals surface area contributed by atoms with Gasteiger partial charge in [-0.25, -0.2) is 9.59 Å². The van der Waals surface area contributed by atoms with Crippen LogP contribution >= 0.6 is 46.2 Å². The summed E-state index contributed by atoms with van der Waals surface area (Å²) < 4.78 is -1.41. The number of nitrogens with one attached hydrogen (secondary N) is 2. The number of rotatable bonds is 10. The maximum absolute atomic E-state index is 12.4. The number of nitrogens with zero attached hydrogens (tertiary/aromatic N) is 2. The molecular weight excluding hydrogens is 806 g/mol. The molecule has 0 bridgehead atoms. The molecule has 0 radical (unpaired) electrons. The SMILES string of the molecule is CC1(C)S[C@@H]2[C@H](NC(=O)C(C(=O)O)c3ccsc3)C(=O)N2[C@H]1C(=O)O.CC1(C)S[C@@H]2[C@H](NC(=O)[C@H](C(=O)O)c3ccsc3)C(=O)N2[C@H]1C(=O)O.[H-].[H-].[H-].[Na+].[Na+].[Na+]. The molecule has 4 fully saturated rings. The molecule has 53 heavy (non-hydrogen) atoms. The number of fused-ring (bicyclic) bond motifs is 2. The summed E-state index contributed by atoms with van der Waals surface area (Å²) in [7, 11) is 0. The molecule has 0 spiro atoms. The number of aliphatic carboxylic acids is 4. The molecule has 4 aliphatic heterocycles. The Kier molecular flexibility index (Phi) is 16.7. The van der Waals surface area contributed by atoms with Crippen LogP contribution in [0.25, 0.3) is 0 Å². The summed E-state index contributed by atoms with van der Waals surface area (Å²) in [4.78, 5) is 97.8. The van der Waals surface area contributed by atoms with Gasteiger partial charge in [0.15, 0.2) is 11.8 Å². The van der Waals surface area contributed by atoms with E-state index in [2.05, 4.69) is 10.6 Å². The normalized spacial score (nSPS) is 26.4. The van der Waals surface area contributed by atoms with Crippen molar-refractivity contribution in [2.24, 2.45) is 0 Å². The Labute approximate surface area is 390 Å². The van der Waals surface area contributed by atoms with E-state index < -0.39 is 104 Å². The van der Waals surface area contributed by atoms with Gasteiger partial charge in [-0.15, -0.1) is 23.5 Å². The van der Waals surface area contributed by atoms with Crippen LogP contribution in [0, 0.1) is 0 Å². The van der Waals surface area contributed by atoms with Crippen molar-refractivity contribution in [3.05, 3.63) is 44.8 Å². The predicted molar refractivity (Wildman–Crippen MR) is 184 cm³/mol. The maximum Gasteiger partial charge on any atom is 1.00 e. The Morgan fingerprint density at radius 3 is 1.23 bits per heavy atom. The number of carbonyl (C=O) groups is 8. The van der Waals surface area contributed by atoms with Crippen LogP contribution in [0.15, 0.2) is 33.7 Å². The fourth-order valence-corrected chi connectivity index (χ4v) is 11.1. The molecule has 6 heterocycles. The number of hydrogen-bond donors (Lipinski definition) is 6. The summed E-state index contributed by atoms with van der Waals surface area (Å²) in [5.74, 6) is -10.2. The smallest absolute Gasteiger partial charge is 1.00 e. The van der Waals surface area contributed by atoms with E-state index in [9.17, 15) is 58.8 Å². The summed E-state index contributed by atoms with van der Waals surface area (Å²) in [6.07, 6.45) is 0. The average molecular weight is 841 g/mol. The summed E-state index contributed by atoms with van der Waals surface area (Å²) in [6, 6.07) is -0.689. The number of amides is 4. The van der Waals surface area contributed by atoms with E-state index in [4.69, 9.17) is 0 Å². The van der Waals surface area contributed by atoms with Crippen LogP contribution in [0.4, 0.5) is 0 Å². The van der Waals surface area contributed by atoms with Crippen molar-refractivity contribution in [3.8, 4) is 0 Å². The quantitative estimate of drug-likeness (QED) is 0.0740. The number of thiophene rings is 2. The van der Waals surface area contributed by atoms with Crippen LogP contribution < -0.4 is 99.3 Å². The standard InChI is InChI=1S/2C15H16N2O6S2.3Na.3H/c2*1-15(2)9(14(22)23)17-11(19)8(12(17)25-15)16-10(18)7(13(20)21)6-3-4-24-5-6;;;;;;/h2*3-5,7-9,12H,1-2H3,(H,16,18)(H,20,21)(H,22,23);;;;;;/q;;3*+1;3*-1/t7?,8-,9+,12-;7-,8-,9+,12-;;;;;;/m11....../s1. The number of hydrogen-bond acceptors (Lipinski definition) is 12. The van der Waals surface area contributed by atoms with Gasteiger partial charge in [0.25, 0.3) is 0 Å². The Balaban J connectivity index is 0. The first kappa shape index (κ1) is 48.0. The van der Waals surface area contributed by atoms with E-state index >= 15 is 0 Å². The third kappa shape index (κ3) is 9.20. The van der Waals surface area contributed by atoms with Crippen molar-refractivity contribution in [1.29, 1.82) is 0 Å². The van der Waals surface area contributed by atoms with Crippen molar-refractivity contribution in [2.75, 3.05) is 0 Å². The minimum atomic E-state index is -1.40. The molecule has 1 unspecified atom stereocenters. The van der Waals surface area contributed by atoms with Gasteiger partial charge in [0.1, 0.15) is 34.9 Å². The van der Waals surface area contributed by atoms with Crippen LogP contribution in [-0.2, 0) is 38.4 Å². The van der Waals surface area contributed by atoms with Gasteiger partial charge in [-0.1, -0.05) is 0 Å². The van der Waals surface area contributed by atoms with Crippen LogP contribution in [0.2, 0.25) is 0 Å². The zero-order valence-corrected chi connectivity index (χ0v) is 38.9. The largest absolute Gasteiger partial charge is 1.00 e. The maximum atomic E-state index is 12.4. The van der Waals surface area contributed by atoms with E-state index in [0.717, 1.165) is 0 Å². The molecule has 16 nitrogen and oxygen atoms in total. The first-order valence-corrected chi connectivity index (χ1v) is 18.5. The van der Waals surface area contributed by atoms with Crippen molar-refractivity contribution in [1.82, 2.24) is 20.4 Å². The molecule has 0 saturated carbocycles. The number of carboxylic acids is 4. The number of carbonyl (C=O) groups excluding carboxylic acids is 4. The molecule has 23 heteroatoms. The van der Waals surface area contributed by atoms with Crippen LogP contribution in [0.3, 0.4) is 0 Å². The van der Waals surface area contributed by atoms with Gasteiger partial charge in [-0.05, 0) is 72.5 Å². The topological polar surface area (TPSA) is 248 Å². The summed E-state index contributed by atoms with van der Waals surface area (Å²) in [6.45, 7) is 6.91. The molecule has 2 aromatic rings. The second-order valence-corrected chi connectivity index (χ2v) is 17.9. The monoisotopic (exact) mass is 840 g/mol. The van der Waals surface area contributed by atoms with E-state index in [1.54, 1.807) is 61.3 Å². The number of thioether (sulfide) groups is 2. The van der Waals surface area contributed by atoms with Gasteiger partial charge < -0.3 is 45.1 Å². The van der Waals surface area contributed by atoms with Crippen molar-refractivity contribution in [2.45, 2.75) is 83.9 Å². The molecule has 2 aromatic heterocycles. The van der Waals surface area contributed by atoms with E-state index in [1.807, 2.05) is 0 Å². The minimum absolute atomic E-state index is 0. The molecule has 274 valence electrons. The van der Waals surface area contributed by atoms with Crippen molar-refractivity contribution < 1.29 is 152 Å². The summed E-state index contributed by atoms with van der Waals surface area (Å²) in [5, 5.41) is 47.8. The van der Waals surface area contributed by atoms with Gasteiger partial charge in [-0.2, -0.15) is 22.7 Å². The van der Waals surface area contributed by atoms with Crippen molar-refractivity contribution in [3.63, 3.8) is 0 Å². The van der Waals surface area contributed by atoms with Crippen molar-refractivity contribution >= 4 is 93.7 Å². The summed E-state index contributed by atoms with van der Waals surface area (Å²) >= 11 is 5.12. The number of carboxylic acid groups (broad SMARTS) is 4. The fourth-order valence-electron chi connectivity index (χ4n) is 6.45. The summed E-state index contributed by atoms with van der Waals surface area (Å²) in [5.41, 5.74) is 0.697. The van der Waals surface area contributed by atoms with Gasteiger partial charge >= 0.3 is 113 Å². The predicted octanol–water partition coefficient (Wildman–Crippen LogP) is -7.55. The second kappa shape index (κ2) is 18.4. The Hall–Kier alpha value is -1.14. The molecule has 0 aliphatic carbocycles. The molecule has 4 saturated heterocycles. The minimum Gasteiger partial charge on any atom is -1.00 e. The third-order valence-corrected chi connectivity index (χ3v) is 13.3. The number of β-lactam (4-membered cyclic amide) rings is 2. The van der Waals surface area contributed by atoms with Gasteiger partial charge in [0, 0.05) is 9.49 Å². The Morgan fingerprint density at radius 1 is 0.660 bits per heavy atom. The Morgan fingerprint density at radius 2 is 0.981 bits per heavy atom. The van der Waals surface area contributed by atoms with Gasteiger partial charge in [-0.3, -0.25) is 28.8 Å². The molecule has 6 rings (SSSR count). The van der Waals surface area contributed by atoms with Gasteiger partial charge in [0.05, 0.1) is 0 Å². The Bertz CT molecular complexity index is 1650. The zero-order valence-electron chi connectivity index (χ0n) is 32.7. The van der Waals surface area contributed by atoms with Crippen LogP contribution in [0.5, 0.6) is 0 Å². The first-order chi connectivity index (χ1) is 23.3. The second-order valence-electron chi connectivity index (χ2n) is 12.8. The molecule has 0 aromatic carbocycles. The molecule has 4 aliphatic rings. The van der Waals surface area contributed by atoms with E-state index in [-0.39, 0.29) is 93.0 Å². The van der Waals surface area contributed by atoms with Crippen LogP contribution in [0.1, 0.15) is 54.9 Å². The fraction of sp³-hybridized carbons (Fsp3) is 0.467. The van der Waals surface area contributed by atoms with E-state index in [0.29, 0.717) is 11.1 Å². The molecule has 4 amide bonds. The zero-order chi connectivity index (χ0) is 37.0. The molecular formula is C30H35N4Na3O12S4. The third-order valence-electron chi connectivity index (χ3n) is 8.72. The molecule has 6 N–H and O–H groups in total. The average Bonchev–Trinajstić information content (AvgIpc) is 3.80. The first-order valence-electron chi connectivity index (χ1n) is 14.9. The molecule has 8 atom stereocenters. The van der Waals surface area contributed by atoms with E-state index in [1.165, 1.54) is 56.0 Å².